The zero-order valence-corrected chi connectivity index (χ0v) is 13.4. The second kappa shape index (κ2) is 6.45. The molecule has 8 heteroatoms. The number of hydrogen-bond donors (Lipinski definition) is 3. The Bertz CT molecular complexity index is 640. The van der Waals surface area contributed by atoms with E-state index in [4.69, 9.17) is 4.74 Å². The summed E-state index contributed by atoms with van der Waals surface area (Å²) in [6.45, 7) is 5.42. The fourth-order valence-electron chi connectivity index (χ4n) is 2.37. The van der Waals surface area contributed by atoms with Gasteiger partial charge in [-0.25, -0.2) is 9.78 Å². The number of anilines is 2. The molecule has 2 aromatic rings. The molecule has 0 saturated carbocycles. The fraction of sp³-hybridized carbons (Fsp3) is 0.500. The Morgan fingerprint density at radius 1 is 1.45 bits per heavy atom. The van der Waals surface area contributed by atoms with Crippen LogP contribution in [0.4, 0.5) is 15.7 Å². The molecule has 1 saturated heterocycles. The smallest absolute Gasteiger partial charge is 0.326 e. The van der Waals surface area contributed by atoms with Gasteiger partial charge >= 0.3 is 6.03 Å². The van der Waals surface area contributed by atoms with Crippen LogP contribution in [0.3, 0.4) is 0 Å². The zero-order chi connectivity index (χ0) is 15.5. The Morgan fingerprint density at radius 2 is 2.32 bits per heavy atom. The molecule has 1 atom stereocenters. The summed E-state index contributed by atoms with van der Waals surface area (Å²) in [4.78, 5) is 17.3. The van der Waals surface area contributed by atoms with Gasteiger partial charge in [-0.05, 0) is 26.7 Å². The van der Waals surface area contributed by atoms with Gasteiger partial charge in [-0.3, -0.25) is 15.7 Å². The van der Waals surface area contributed by atoms with Crippen molar-refractivity contribution < 1.29 is 9.53 Å². The van der Waals surface area contributed by atoms with Crippen LogP contribution in [-0.4, -0.2) is 34.4 Å². The maximum absolute atomic E-state index is 12.0. The normalized spacial score (nSPS) is 18.2. The zero-order valence-electron chi connectivity index (χ0n) is 12.6. The van der Waals surface area contributed by atoms with Crippen molar-refractivity contribution in [3.63, 3.8) is 0 Å². The number of aromatic nitrogens is 3. The molecule has 0 radical (unpaired) electrons. The minimum absolute atomic E-state index is 0.323. The highest BCUT2D eigenvalue weighted by Crippen LogP contribution is 2.25. The predicted molar refractivity (Wildman–Crippen MR) is 85.6 cm³/mol. The van der Waals surface area contributed by atoms with Crippen LogP contribution in [0.1, 0.15) is 35.0 Å². The molecule has 0 aromatic carbocycles. The molecule has 0 aliphatic carbocycles. The van der Waals surface area contributed by atoms with Crippen molar-refractivity contribution in [3.8, 4) is 0 Å². The lowest BCUT2D eigenvalue weighted by Crippen LogP contribution is -2.19. The van der Waals surface area contributed by atoms with E-state index in [1.54, 1.807) is 0 Å². The molecule has 0 spiro atoms. The quantitative estimate of drug-likeness (QED) is 0.810. The Hall–Kier alpha value is -1.93. The lowest BCUT2D eigenvalue weighted by molar-refractivity contribution is 0.0793. The summed E-state index contributed by atoms with van der Waals surface area (Å²) in [6.07, 6.45) is 2.13. The van der Waals surface area contributed by atoms with E-state index < -0.39 is 0 Å². The molecule has 1 unspecified atom stereocenters. The molecule has 118 valence electrons. The lowest BCUT2D eigenvalue weighted by Gasteiger charge is -2.20. The minimum atomic E-state index is -0.341. The topological polar surface area (TPSA) is 91.9 Å². The minimum Gasteiger partial charge on any atom is -0.381 e. The lowest BCUT2D eigenvalue weighted by atomic mass is 9.99. The van der Waals surface area contributed by atoms with Gasteiger partial charge < -0.3 is 4.74 Å². The molecule has 3 N–H and O–H groups in total. The molecule has 2 amide bonds. The number of thiazole rings is 1. The van der Waals surface area contributed by atoms with Crippen LogP contribution in [0.25, 0.3) is 0 Å². The molecular formula is C14H19N5O2S. The third-order valence-corrected chi connectivity index (χ3v) is 4.68. The van der Waals surface area contributed by atoms with E-state index in [0.717, 1.165) is 35.7 Å². The van der Waals surface area contributed by atoms with E-state index >= 15 is 0 Å². The number of carbonyl (C=O) groups excluding carboxylic acids is 1. The number of rotatable bonds is 3. The van der Waals surface area contributed by atoms with Crippen LogP contribution in [-0.2, 0) is 4.74 Å². The van der Waals surface area contributed by atoms with Crippen molar-refractivity contribution in [1.29, 1.82) is 0 Å². The average molecular weight is 321 g/mol. The number of urea groups is 1. The first-order chi connectivity index (χ1) is 10.6. The van der Waals surface area contributed by atoms with Crippen LogP contribution in [0.2, 0.25) is 0 Å². The van der Waals surface area contributed by atoms with Gasteiger partial charge in [-0.1, -0.05) is 0 Å². The number of nitrogens with one attached hydrogen (secondary N) is 3. The van der Waals surface area contributed by atoms with Crippen LogP contribution >= 0.6 is 11.3 Å². The first kappa shape index (κ1) is 15.0. The summed E-state index contributed by atoms with van der Waals surface area (Å²) >= 11 is 1.45. The summed E-state index contributed by atoms with van der Waals surface area (Å²) in [7, 11) is 0. The monoisotopic (exact) mass is 321 g/mol. The summed E-state index contributed by atoms with van der Waals surface area (Å²) < 4.78 is 5.47. The van der Waals surface area contributed by atoms with Gasteiger partial charge in [0.2, 0.25) is 0 Å². The summed E-state index contributed by atoms with van der Waals surface area (Å²) in [5.74, 6) is 0.826. The van der Waals surface area contributed by atoms with Crippen molar-refractivity contribution >= 4 is 28.3 Å². The van der Waals surface area contributed by atoms with Crippen molar-refractivity contribution in [2.75, 3.05) is 23.8 Å². The molecule has 22 heavy (non-hydrogen) atoms. The van der Waals surface area contributed by atoms with E-state index in [0.29, 0.717) is 23.5 Å². The Kier molecular flexibility index (Phi) is 4.39. The first-order valence-electron chi connectivity index (χ1n) is 7.27. The second-order valence-electron chi connectivity index (χ2n) is 5.36. The van der Waals surface area contributed by atoms with Gasteiger partial charge in [0.25, 0.3) is 0 Å². The van der Waals surface area contributed by atoms with Gasteiger partial charge in [0, 0.05) is 29.2 Å². The average Bonchev–Trinajstić information content (AvgIpc) is 3.07. The van der Waals surface area contributed by atoms with Crippen LogP contribution in [0, 0.1) is 13.8 Å². The third kappa shape index (κ3) is 3.45. The fourth-order valence-corrected chi connectivity index (χ4v) is 3.18. The van der Waals surface area contributed by atoms with Gasteiger partial charge in [0.15, 0.2) is 10.9 Å². The van der Waals surface area contributed by atoms with Crippen molar-refractivity contribution in [3.05, 3.63) is 22.3 Å². The molecule has 7 nitrogen and oxygen atoms in total. The number of carbonyl (C=O) groups is 1. The van der Waals surface area contributed by atoms with Crippen LogP contribution in [0.15, 0.2) is 6.07 Å². The van der Waals surface area contributed by atoms with Crippen molar-refractivity contribution in [2.45, 2.75) is 32.6 Å². The standard InChI is InChI=1S/C14H19N5O2S/c1-8-9(2)22-14(15-8)17-13(20)16-12-6-11(18-19-12)10-4-3-5-21-7-10/h6,10H,3-5,7H2,1-2H3,(H3,15,16,17,18,19,20). The molecule has 3 rings (SSSR count). The molecule has 1 fully saturated rings. The predicted octanol–water partition coefficient (Wildman–Crippen LogP) is 3.02. The van der Waals surface area contributed by atoms with Crippen molar-refractivity contribution in [1.82, 2.24) is 15.2 Å². The largest absolute Gasteiger partial charge is 0.381 e. The summed E-state index contributed by atoms with van der Waals surface area (Å²) in [5.41, 5.74) is 1.93. The molecule has 0 bridgehead atoms. The van der Waals surface area contributed by atoms with Crippen LogP contribution in [0.5, 0.6) is 0 Å². The second-order valence-corrected chi connectivity index (χ2v) is 6.57. The highest BCUT2D eigenvalue weighted by atomic mass is 32.1. The van der Waals surface area contributed by atoms with E-state index in [2.05, 4.69) is 25.8 Å². The molecular weight excluding hydrogens is 302 g/mol. The van der Waals surface area contributed by atoms with E-state index in [-0.39, 0.29) is 6.03 Å². The number of nitrogens with zero attached hydrogens (tertiary/aromatic N) is 2. The number of ether oxygens (including phenoxy) is 1. The van der Waals surface area contributed by atoms with E-state index in [1.807, 2.05) is 19.9 Å². The Morgan fingerprint density at radius 3 is 3.00 bits per heavy atom. The maximum Gasteiger partial charge on any atom is 0.326 e. The van der Waals surface area contributed by atoms with Gasteiger partial charge in [0.05, 0.1) is 12.3 Å². The molecule has 2 aromatic heterocycles. The number of hydrogen-bond acceptors (Lipinski definition) is 5. The first-order valence-corrected chi connectivity index (χ1v) is 8.08. The molecule has 1 aliphatic rings. The van der Waals surface area contributed by atoms with Crippen LogP contribution < -0.4 is 10.6 Å². The maximum atomic E-state index is 12.0. The van der Waals surface area contributed by atoms with E-state index in [1.165, 1.54) is 11.3 Å². The third-order valence-electron chi connectivity index (χ3n) is 3.69. The highest BCUT2D eigenvalue weighted by Gasteiger charge is 2.19. The summed E-state index contributed by atoms with van der Waals surface area (Å²) in [5, 5.41) is 13.1. The Balaban J connectivity index is 1.58. The van der Waals surface area contributed by atoms with Crippen molar-refractivity contribution in [2.24, 2.45) is 0 Å². The highest BCUT2D eigenvalue weighted by molar-refractivity contribution is 7.15. The number of amides is 2. The van der Waals surface area contributed by atoms with Gasteiger partial charge in [-0.15, -0.1) is 11.3 Å². The SMILES string of the molecule is Cc1nc(NC(=O)Nc2cc(C3CCCOC3)[nH]n2)sc1C. The molecule has 3 heterocycles. The Labute approximate surface area is 132 Å². The number of H-pyrrole nitrogens is 1. The summed E-state index contributed by atoms with van der Waals surface area (Å²) in [6, 6.07) is 1.52. The number of aryl methyl sites for hydroxylation is 2. The molecule has 1 aliphatic heterocycles. The number of aromatic amines is 1. The van der Waals surface area contributed by atoms with Gasteiger partial charge in [0.1, 0.15) is 0 Å². The van der Waals surface area contributed by atoms with E-state index in [9.17, 15) is 4.79 Å². The van der Waals surface area contributed by atoms with Gasteiger partial charge in [-0.2, -0.15) is 5.10 Å².